The Morgan fingerprint density at radius 1 is 0.457 bits per heavy atom. The maximum absolute atomic E-state index is 13.0. The lowest BCUT2D eigenvalue weighted by Gasteiger charge is -2.42. The maximum atomic E-state index is 13.0. The highest BCUT2D eigenvalue weighted by Gasteiger charge is 2.47. The second-order valence-corrected chi connectivity index (χ2v) is 19.0. The molecule has 0 amide bonds. The molecule has 2 heterocycles. The zero-order valence-corrected chi connectivity index (χ0v) is 43.0. The van der Waals surface area contributed by atoms with Crippen molar-refractivity contribution in [1.82, 2.24) is 0 Å². The van der Waals surface area contributed by atoms with Crippen LogP contribution < -0.4 is 0 Å². The topological polar surface area (TPSA) is 231 Å². The Kier molecular flexibility index (Phi) is 38.0. The predicted molar refractivity (Wildman–Crippen MR) is 270 cm³/mol. The number of rotatable bonds is 42. The van der Waals surface area contributed by atoms with Crippen molar-refractivity contribution in [2.45, 2.75) is 261 Å². The molecule has 0 spiro atoms. The summed E-state index contributed by atoms with van der Waals surface area (Å²) >= 11 is 0. The monoisotopic (exact) mass is 997 g/mol. The third-order valence-electron chi connectivity index (χ3n) is 12.8. The molecule has 0 aromatic carbocycles. The Bertz CT molecular complexity index is 1400. The third-order valence-corrected chi connectivity index (χ3v) is 12.8. The van der Waals surface area contributed by atoms with Crippen LogP contribution in [0.25, 0.3) is 0 Å². The van der Waals surface area contributed by atoms with Crippen molar-refractivity contribution in [3.05, 3.63) is 48.6 Å². The second kappa shape index (κ2) is 41.9. The number of aliphatic hydroxyl groups is 7. The number of hydrogen-bond donors (Lipinski definition) is 7. The Hall–Kier alpha value is -2.54. The Morgan fingerprint density at radius 2 is 0.871 bits per heavy atom. The first-order valence-corrected chi connectivity index (χ1v) is 27.2. The molecule has 0 bridgehead atoms. The second-order valence-electron chi connectivity index (χ2n) is 19.0. The minimum atomic E-state index is -1.77. The van der Waals surface area contributed by atoms with Gasteiger partial charge in [0.1, 0.15) is 55.4 Å². The van der Waals surface area contributed by atoms with Crippen molar-refractivity contribution in [2.24, 2.45) is 0 Å². The van der Waals surface area contributed by atoms with E-state index in [2.05, 4.69) is 56.4 Å². The molecular formula is C55H96O15. The van der Waals surface area contributed by atoms with Gasteiger partial charge in [-0.2, -0.15) is 0 Å². The molecule has 2 fully saturated rings. The molecule has 4 unspecified atom stereocenters. The fraction of sp³-hybridized carbons (Fsp3) is 0.818. The number of unbranched alkanes of at least 4 members (excludes halogenated alkanes) is 20. The van der Waals surface area contributed by atoms with Crippen LogP contribution in [0.4, 0.5) is 0 Å². The fourth-order valence-corrected chi connectivity index (χ4v) is 8.29. The van der Waals surface area contributed by atoms with Crippen molar-refractivity contribution in [3.63, 3.8) is 0 Å². The molecule has 0 aromatic heterocycles. The van der Waals surface area contributed by atoms with Crippen molar-refractivity contribution >= 4 is 11.9 Å². The largest absolute Gasteiger partial charge is 0.462 e. The van der Waals surface area contributed by atoms with E-state index in [1.54, 1.807) is 0 Å². The van der Waals surface area contributed by atoms with Crippen LogP contribution in [-0.2, 0) is 38.0 Å². The minimum absolute atomic E-state index is 0.145. The Morgan fingerprint density at radius 3 is 1.40 bits per heavy atom. The van der Waals surface area contributed by atoms with E-state index < -0.39 is 99.3 Å². The van der Waals surface area contributed by atoms with Gasteiger partial charge < -0.3 is 64.2 Å². The molecular weight excluding hydrogens is 901 g/mol. The first-order chi connectivity index (χ1) is 34.0. The quantitative estimate of drug-likeness (QED) is 0.0173. The molecule has 0 radical (unpaired) electrons. The van der Waals surface area contributed by atoms with Crippen LogP contribution in [0.5, 0.6) is 0 Å². The summed E-state index contributed by atoms with van der Waals surface area (Å²) < 4.78 is 33.6. The van der Waals surface area contributed by atoms with E-state index in [-0.39, 0.29) is 19.4 Å². The number of esters is 2. The zero-order valence-electron chi connectivity index (χ0n) is 43.0. The predicted octanol–water partition coefficient (Wildman–Crippen LogP) is 8.27. The molecule has 0 aliphatic carbocycles. The van der Waals surface area contributed by atoms with Crippen LogP contribution in [0.2, 0.25) is 0 Å². The van der Waals surface area contributed by atoms with Gasteiger partial charge >= 0.3 is 11.9 Å². The van der Waals surface area contributed by atoms with Crippen molar-refractivity contribution in [1.29, 1.82) is 0 Å². The fourth-order valence-electron chi connectivity index (χ4n) is 8.29. The highest BCUT2D eigenvalue weighted by molar-refractivity contribution is 5.70. The van der Waals surface area contributed by atoms with Crippen LogP contribution in [-0.4, -0.2) is 142 Å². The summed E-state index contributed by atoms with van der Waals surface area (Å²) in [5.74, 6) is -0.990. The molecule has 406 valence electrons. The molecule has 2 aliphatic heterocycles. The Labute approximate surface area is 420 Å². The SMILES string of the molecule is CCCCCCCC/C=C/C/C=C/C/C=C/CCCC(=O)OC[C@@H](CO[C@@H]1O[C@H](CO[C@@H]2O[C@H](CO)[C@H](O)C(O)C2O)[C@H](O)C(O)C1O)OC(=O)CCCCCCCCC/C=C/CCCCCCCC. The molecule has 70 heavy (non-hydrogen) atoms. The number of hydrogen-bond acceptors (Lipinski definition) is 15. The summed E-state index contributed by atoms with van der Waals surface area (Å²) in [5.41, 5.74) is 0. The highest BCUT2D eigenvalue weighted by Crippen LogP contribution is 2.26. The van der Waals surface area contributed by atoms with Crippen LogP contribution in [0.3, 0.4) is 0 Å². The molecule has 15 nitrogen and oxygen atoms in total. The van der Waals surface area contributed by atoms with Gasteiger partial charge in [0.05, 0.1) is 19.8 Å². The van der Waals surface area contributed by atoms with E-state index in [4.69, 9.17) is 28.4 Å². The van der Waals surface area contributed by atoms with Gasteiger partial charge in [-0.3, -0.25) is 9.59 Å². The van der Waals surface area contributed by atoms with Crippen LogP contribution in [0.1, 0.15) is 194 Å². The third kappa shape index (κ3) is 29.2. The van der Waals surface area contributed by atoms with Gasteiger partial charge in [0.15, 0.2) is 18.7 Å². The number of ether oxygens (including phenoxy) is 6. The van der Waals surface area contributed by atoms with Gasteiger partial charge in [-0.05, 0) is 70.6 Å². The van der Waals surface area contributed by atoms with Crippen LogP contribution in [0.15, 0.2) is 48.6 Å². The summed E-state index contributed by atoms with van der Waals surface area (Å²) in [5, 5.41) is 72.1. The van der Waals surface area contributed by atoms with Crippen molar-refractivity contribution in [2.75, 3.05) is 26.4 Å². The first-order valence-electron chi connectivity index (χ1n) is 27.2. The standard InChI is InChI=1S/C55H96O15/c1-3-5-7-9-11-13-15-17-19-21-23-25-27-29-31-33-35-37-46(57)65-40-43(68-47(58)38-36-34-32-30-28-26-24-22-20-18-16-14-12-10-8-6-4-2)41-66-54-53(64)51(62)49(60)45(70-54)42-67-55-52(63)50(61)48(59)44(39-56)69-55/h17-20,23,25,29,31,43-45,48-56,59-64H,3-16,21-22,24,26-28,30,32-42H2,1-2H3/b19-17+,20-18+,25-23+,31-29+/t43-,44+,45+,48-,49-,50?,51?,52?,53?,54+,55+/m0/s1. The molecule has 0 aromatic rings. The average molecular weight is 997 g/mol. The lowest BCUT2D eigenvalue weighted by atomic mass is 9.98. The summed E-state index contributed by atoms with van der Waals surface area (Å²) in [6, 6.07) is 0. The minimum Gasteiger partial charge on any atom is -0.462 e. The molecule has 11 atom stereocenters. The molecule has 2 saturated heterocycles. The molecule has 7 N–H and O–H groups in total. The van der Waals surface area contributed by atoms with Crippen LogP contribution in [0, 0.1) is 0 Å². The molecule has 2 rings (SSSR count). The smallest absolute Gasteiger partial charge is 0.306 e. The van der Waals surface area contributed by atoms with Gasteiger partial charge in [0.25, 0.3) is 0 Å². The first kappa shape index (κ1) is 63.6. The maximum Gasteiger partial charge on any atom is 0.306 e. The van der Waals surface area contributed by atoms with Gasteiger partial charge in [-0.1, -0.05) is 159 Å². The number of carbonyl (C=O) groups excluding carboxylic acids is 2. The van der Waals surface area contributed by atoms with E-state index in [9.17, 15) is 45.3 Å². The lowest BCUT2D eigenvalue weighted by molar-refractivity contribution is -0.332. The molecule has 15 heteroatoms. The summed E-state index contributed by atoms with van der Waals surface area (Å²) in [4.78, 5) is 25.8. The highest BCUT2D eigenvalue weighted by atomic mass is 16.7. The number of aliphatic hydroxyl groups excluding tert-OH is 7. The molecule has 2 aliphatic rings. The van der Waals surface area contributed by atoms with E-state index in [1.165, 1.54) is 96.3 Å². The zero-order chi connectivity index (χ0) is 51.0. The van der Waals surface area contributed by atoms with E-state index in [0.717, 1.165) is 51.4 Å². The van der Waals surface area contributed by atoms with Gasteiger partial charge in [0, 0.05) is 12.8 Å². The van der Waals surface area contributed by atoms with Gasteiger partial charge in [-0.25, -0.2) is 0 Å². The van der Waals surface area contributed by atoms with Crippen molar-refractivity contribution < 1.29 is 73.8 Å². The summed E-state index contributed by atoms with van der Waals surface area (Å²) in [6.07, 6.45) is 30.0. The van der Waals surface area contributed by atoms with Gasteiger partial charge in [0.2, 0.25) is 0 Å². The van der Waals surface area contributed by atoms with Gasteiger partial charge in [-0.15, -0.1) is 0 Å². The lowest BCUT2D eigenvalue weighted by Crippen LogP contribution is -2.61. The normalized spacial score (nSPS) is 25.7. The summed E-state index contributed by atoms with van der Waals surface area (Å²) in [6.45, 7) is 2.53. The average Bonchev–Trinajstić information content (AvgIpc) is 3.35. The van der Waals surface area contributed by atoms with E-state index in [1.807, 2.05) is 6.08 Å². The van der Waals surface area contributed by atoms with E-state index >= 15 is 0 Å². The van der Waals surface area contributed by atoms with E-state index in [0.29, 0.717) is 19.3 Å². The van der Waals surface area contributed by atoms with Crippen LogP contribution >= 0.6 is 0 Å². The number of allylic oxidation sites excluding steroid dienone is 8. The summed E-state index contributed by atoms with van der Waals surface area (Å²) in [7, 11) is 0. The van der Waals surface area contributed by atoms with Crippen molar-refractivity contribution in [3.8, 4) is 0 Å². The Balaban J connectivity index is 1.82. The number of carbonyl (C=O) groups is 2. The molecule has 0 saturated carbocycles.